The molecule has 1 N–H and O–H groups in total. The molecule has 3 heteroatoms. The van der Waals surface area contributed by atoms with Gasteiger partial charge in [0, 0.05) is 29.1 Å². The quantitative estimate of drug-likeness (QED) is 0.814. The Labute approximate surface area is 107 Å². The van der Waals surface area contributed by atoms with Gasteiger partial charge in [-0.15, -0.1) is 0 Å². The number of H-pyrrole nitrogens is 1. The minimum absolute atomic E-state index is 0.197. The molecule has 1 heterocycles. The molecule has 0 unspecified atom stereocenters. The van der Waals surface area contributed by atoms with Gasteiger partial charge in [-0.3, -0.25) is 4.79 Å². The van der Waals surface area contributed by atoms with E-state index in [0.29, 0.717) is 12.3 Å². The molecule has 0 atom stereocenters. The number of aromatic nitrogens is 1. The zero-order chi connectivity index (χ0) is 13.1. The number of nitrogens with one attached hydrogen (secondary N) is 1. The molecule has 0 aliphatic heterocycles. The number of carbonyl (C=O) groups excluding carboxylic acids is 1. The van der Waals surface area contributed by atoms with Crippen molar-refractivity contribution in [3.63, 3.8) is 0 Å². The van der Waals surface area contributed by atoms with Crippen LogP contribution in [-0.2, 0) is 0 Å². The van der Waals surface area contributed by atoms with Gasteiger partial charge in [0.2, 0.25) is 0 Å². The summed E-state index contributed by atoms with van der Waals surface area (Å²) in [5, 5.41) is 0.947. The van der Waals surface area contributed by atoms with Gasteiger partial charge in [0.15, 0.2) is 5.78 Å². The summed E-state index contributed by atoms with van der Waals surface area (Å²) in [5.41, 5.74) is 1.74. The molecule has 0 aliphatic rings. The minimum atomic E-state index is 0.197. The second kappa shape index (κ2) is 5.25. The van der Waals surface area contributed by atoms with Crippen LogP contribution in [0.15, 0.2) is 24.4 Å². The Morgan fingerprint density at radius 2 is 2.17 bits per heavy atom. The van der Waals surface area contributed by atoms with E-state index < -0.39 is 0 Å². The lowest BCUT2D eigenvalue weighted by molar-refractivity contribution is 0.0977. The van der Waals surface area contributed by atoms with Crippen LogP contribution in [0.4, 0.5) is 0 Å². The Morgan fingerprint density at radius 1 is 1.39 bits per heavy atom. The fourth-order valence-electron chi connectivity index (χ4n) is 2.01. The van der Waals surface area contributed by atoms with Crippen LogP contribution in [0.25, 0.3) is 10.9 Å². The number of benzene rings is 1. The van der Waals surface area contributed by atoms with Crippen LogP contribution in [0.3, 0.4) is 0 Å². The third-order valence-electron chi connectivity index (χ3n) is 3.14. The molecule has 1 aromatic heterocycles. The minimum Gasteiger partial charge on any atom is -0.497 e. The van der Waals surface area contributed by atoms with Gasteiger partial charge in [-0.1, -0.05) is 13.8 Å². The van der Waals surface area contributed by atoms with Crippen LogP contribution in [0.2, 0.25) is 0 Å². The lowest BCUT2D eigenvalue weighted by Gasteiger charge is -2.04. The SMILES string of the molecule is COc1ccc2[nH]cc(C(=O)CCC(C)C)c2c1. The Hall–Kier alpha value is -1.77. The maximum absolute atomic E-state index is 12.2. The van der Waals surface area contributed by atoms with Gasteiger partial charge in [0.25, 0.3) is 0 Å². The number of rotatable bonds is 5. The molecular weight excluding hydrogens is 226 g/mol. The number of fused-ring (bicyclic) bond motifs is 1. The summed E-state index contributed by atoms with van der Waals surface area (Å²) < 4.78 is 5.20. The second-order valence-electron chi connectivity index (χ2n) is 4.97. The fraction of sp³-hybridized carbons (Fsp3) is 0.400. The summed E-state index contributed by atoms with van der Waals surface area (Å²) in [7, 11) is 1.63. The average molecular weight is 245 g/mol. The molecule has 0 bridgehead atoms. The predicted octanol–water partition coefficient (Wildman–Crippen LogP) is 3.80. The van der Waals surface area contributed by atoms with Crippen molar-refractivity contribution in [1.82, 2.24) is 4.98 Å². The van der Waals surface area contributed by atoms with Crippen molar-refractivity contribution in [2.24, 2.45) is 5.92 Å². The molecule has 3 nitrogen and oxygen atoms in total. The largest absolute Gasteiger partial charge is 0.497 e. The summed E-state index contributed by atoms with van der Waals surface area (Å²) in [6, 6.07) is 5.74. The molecule has 0 aliphatic carbocycles. The van der Waals surface area contributed by atoms with Crippen molar-refractivity contribution in [3.8, 4) is 5.75 Å². The van der Waals surface area contributed by atoms with Crippen LogP contribution in [0.5, 0.6) is 5.75 Å². The third kappa shape index (κ3) is 2.55. The van der Waals surface area contributed by atoms with E-state index >= 15 is 0 Å². The molecule has 0 radical (unpaired) electrons. The van der Waals surface area contributed by atoms with Gasteiger partial charge in [-0.05, 0) is 30.5 Å². The van der Waals surface area contributed by atoms with Crippen molar-refractivity contribution in [2.75, 3.05) is 7.11 Å². The number of carbonyl (C=O) groups is 1. The van der Waals surface area contributed by atoms with E-state index in [-0.39, 0.29) is 5.78 Å². The van der Waals surface area contributed by atoms with Crippen LogP contribution in [0, 0.1) is 5.92 Å². The molecule has 0 saturated heterocycles. The van der Waals surface area contributed by atoms with E-state index in [1.165, 1.54) is 0 Å². The molecule has 0 amide bonds. The first-order valence-electron chi connectivity index (χ1n) is 6.30. The van der Waals surface area contributed by atoms with Crippen molar-refractivity contribution < 1.29 is 9.53 Å². The van der Waals surface area contributed by atoms with E-state index in [4.69, 9.17) is 4.74 Å². The van der Waals surface area contributed by atoms with Crippen molar-refractivity contribution in [2.45, 2.75) is 26.7 Å². The maximum Gasteiger partial charge on any atom is 0.165 e. The monoisotopic (exact) mass is 245 g/mol. The lowest BCUT2D eigenvalue weighted by Crippen LogP contribution is -2.00. The smallest absolute Gasteiger partial charge is 0.165 e. The average Bonchev–Trinajstić information content (AvgIpc) is 2.78. The zero-order valence-corrected chi connectivity index (χ0v) is 11.1. The van der Waals surface area contributed by atoms with Crippen molar-refractivity contribution in [1.29, 1.82) is 0 Å². The second-order valence-corrected chi connectivity index (χ2v) is 4.97. The summed E-state index contributed by atoms with van der Waals surface area (Å²) >= 11 is 0. The Kier molecular flexibility index (Phi) is 3.70. The Bertz CT molecular complexity index is 555. The van der Waals surface area contributed by atoms with E-state index in [1.54, 1.807) is 13.3 Å². The molecular formula is C15H19NO2. The molecule has 2 aromatic rings. The van der Waals surface area contributed by atoms with Gasteiger partial charge in [-0.2, -0.15) is 0 Å². The molecule has 2 rings (SSSR count). The summed E-state index contributed by atoms with van der Waals surface area (Å²) in [4.78, 5) is 15.3. The predicted molar refractivity (Wildman–Crippen MR) is 73.3 cm³/mol. The van der Waals surface area contributed by atoms with Crippen LogP contribution in [0.1, 0.15) is 37.0 Å². The fourth-order valence-corrected chi connectivity index (χ4v) is 2.01. The normalized spacial score (nSPS) is 11.1. The summed E-state index contributed by atoms with van der Waals surface area (Å²) in [5.74, 6) is 1.52. The van der Waals surface area contributed by atoms with Crippen LogP contribution in [-0.4, -0.2) is 17.9 Å². The number of ether oxygens (including phenoxy) is 1. The first-order valence-corrected chi connectivity index (χ1v) is 6.30. The highest BCUT2D eigenvalue weighted by Crippen LogP contribution is 2.25. The van der Waals surface area contributed by atoms with Crippen molar-refractivity contribution in [3.05, 3.63) is 30.0 Å². The van der Waals surface area contributed by atoms with E-state index in [9.17, 15) is 4.79 Å². The van der Waals surface area contributed by atoms with Gasteiger partial charge >= 0.3 is 0 Å². The molecule has 1 aromatic carbocycles. The lowest BCUT2D eigenvalue weighted by atomic mass is 10.0. The molecule has 96 valence electrons. The van der Waals surface area contributed by atoms with Crippen molar-refractivity contribution >= 4 is 16.7 Å². The standard InChI is InChI=1S/C15H19NO2/c1-10(2)4-7-15(17)13-9-16-14-6-5-11(18-3)8-12(13)14/h5-6,8-10,16H,4,7H2,1-3H3. The number of ketones is 1. The summed E-state index contributed by atoms with van der Waals surface area (Å²) in [6.45, 7) is 4.26. The van der Waals surface area contributed by atoms with Gasteiger partial charge in [0.1, 0.15) is 5.75 Å². The number of methoxy groups -OCH3 is 1. The highest BCUT2D eigenvalue weighted by atomic mass is 16.5. The number of aromatic amines is 1. The molecule has 0 saturated carbocycles. The molecule has 0 spiro atoms. The molecule has 18 heavy (non-hydrogen) atoms. The zero-order valence-electron chi connectivity index (χ0n) is 11.1. The van der Waals surface area contributed by atoms with Gasteiger partial charge < -0.3 is 9.72 Å². The van der Waals surface area contributed by atoms with Gasteiger partial charge in [0.05, 0.1) is 7.11 Å². The topological polar surface area (TPSA) is 42.1 Å². The number of hydrogen-bond acceptors (Lipinski definition) is 2. The Balaban J connectivity index is 2.29. The number of Topliss-reactive ketones (excluding diaryl/α,β-unsaturated/α-hetero) is 1. The first-order chi connectivity index (χ1) is 8.61. The highest BCUT2D eigenvalue weighted by molar-refractivity contribution is 6.08. The Morgan fingerprint density at radius 3 is 2.83 bits per heavy atom. The van der Waals surface area contributed by atoms with Gasteiger partial charge in [-0.25, -0.2) is 0 Å². The summed E-state index contributed by atoms with van der Waals surface area (Å²) in [6.07, 6.45) is 3.32. The van der Waals surface area contributed by atoms with E-state index in [1.807, 2.05) is 18.2 Å². The highest BCUT2D eigenvalue weighted by Gasteiger charge is 2.13. The number of hydrogen-bond donors (Lipinski definition) is 1. The molecule has 0 fully saturated rings. The van der Waals surface area contributed by atoms with Crippen LogP contribution >= 0.6 is 0 Å². The van der Waals surface area contributed by atoms with Crippen LogP contribution < -0.4 is 4.74 Å². The maximum atomic E-state index is 12.2. The third-order valence-corrected chi connectivity index (χ3v) is 3.14. The van der Waals surface area contributed by atoms with E-state index in [0.717, 1.165) is 28.6 Å². The first kappa shape index (κ1) is 12.7. The van der Waals surface area contributed by atoms with E-state index in [2.05, 4.69) is 18.8 Å².